The second kappa shape index (κ2) is 9.30. The molecule has 0 spiro atoms. The van der Waals surface area contributed by atoms with Crippen LogP contribution in [0, 0.1) is 5.92 Å². The Morgan fingerprint density at radius 2 is 1.90 bits per heavy atom. The fourth-order valence-corrected chi connectivity index (χ4v) is 3.55. The first-order valence-electron chi connectivity index (χ1n) is 8.75. The zero-order valence-corrected chi connectivity index (χ0v) is 16.2. The number of likely N-dealkylation sites (tertiary alicyclic amines) is 1. The number of carbonyl (C=O) groups excluding carboxylic acids is 1. The molecule has 0 aromatic carbocycles. The molecule has 0 bridgehead atoms. The lowest BCUT2D eigenvalue weighted by Crippen LogP contribution is -2.35. The molecule has 1 amide bonds. The van der Waals surface area contributed by atoms with Crippen molar-refractivity contribution in [1.82, 2.24) is 24.5 Å². The number of halogens is 3. The Morgan fingerprint density at radius 1 is 1.20 bits per heavy atom. The average Bonchev–Trinajstić information content (AvgIpc) is 3.34. The maximum atomic E-state index is 12.4. The lowest BCUT2D eigenvalue weighted by molar-refractivity contribution is -0.192. The van der Waals surface area contributed by atoms with Gasteiger partial charge in [-0.25, -0.2) is 14.8 Å². The molecule has 0 aliphatic carbocycles. The number of fused-ring (bicyclic) bond motifs is 1. The van der Waals surface area contributed by atoms with Gasteiger partial charge in [0, 0.05) is 49.9 Å². The topological polar surface area (TPSA) is 122 Å². The third-order valence-electron chi connectivity index (χ3n) is 4.47. The number of aliphatic carboxylic acids is 1. The Morgan fingerprint density at radius 3 is 2.50 bits per heavy atom. The molecule has 4 rings (SSSR count). The van der Waals surface area contributed by atoms with Crippen molar-refractivity contribution >= 4 is 29.4 Å². The summed E-state index contributed by atoms with van der Waals surface area (Å²) in [7, 11) is 0. The number of hydrogen-bond acceptors (Lipinski definition) is 9. The van der Waals surface area contributed by atoms with Gasteiger partial charge >= 0.3 is 12.1 Å². The monoisotopic (exact) mass is 446 g/mol. The van der Waals surface area contributed by atoms with Crippen LogP contribution in [0.4, 0.5) is 19.1 Å². The van der Waals surface area contributed by atoms with E-state index in [1.165, 1.54) is 11.5 Å². The van der Waals surface area contributed by atoms with Crippen molar-refractivity contribution in [2.45, 2.75) is 12.3 Å². The number of ether oxygens (including phenoxy) is 1. The molecule has 30 heavy (non-hydrogen) atoms. The van der Waals surface area contributed by atoms with Gasteiger partial charge in [0.2, 0.25) is 5.95 Å². The third kappa shape index (κ3) is 5.38. The van der Waals surface area contributed by atoms with Crippen LogP contribution in [0.2, 0.25) is 0 Å². The number of hydrogen-bond donors (Lipinski definition) is 1. The summed E-state index contributed by atoms with van der Waals surface area (Å²) in [4.78, 5) is 33.9. The van der Waals surface area contributed by atoms with Crippen molar-refractivity contribution in [3.05, 3.63) is 29.5 Å². The summed E-state index contributed by atoms with van der Waals surface area (Å²) in [5.74, 6) is -1.87. The van der Waals surface area contributed by atoms with E-state index >= 15 is 0 Å². The first kappa shape index (κ1) is 21.8. The molecule has 1 N–H and O–H groups in total. The fourth-order valence-electron chi connectivity index (χ4n) is 3.12. The Balaban J connectivity index is 0.000000318. The molecule has 162 valence electrons. The van der Waals surface area contributed by atoms with E-state index in [0.717, 1.165) is 13.1 Å². The number of nitrogens with zero attached hydrogens (tertiary/aromatic N) is 6. The van der Waals surface area contributed by atoms with E-state index in [2.05, 4.69) is 24.5 Å². The highest BCUT2D eigenvalue weighted by molar-refractivity contribution is 7.03. The van der Waals surface area contributed by atoms with E-state index in [1.54, 1.807) is 28.7 Å². The Kier molecular flexibility index (Phi) is 6.77. The van der Waals surface area contributed by atoms with Gasteiger partial charge in [0.05, 0.1) is 12.7 Å². The number of anilines is 1. The molecule has 0 saturated carbocycles. The zero-order valence-electron chi connectivity index (χ0n) is 15.4. The molecule has 2 atom stereocenters. The van der Waals surface area contributed by atoms with Crippen molar-refractivity contribution in [2.75, 3.05) is 37.7 Å². The highest BCUT2D eigenvalue weighted by Gasteiger charge is 2.40. The molecule has 0 radical (unpaired) electrons. The molecular weight excluding hydrogens is 429 g/mol. The lowest BCUT2D eigenvalue weighted by atomic mass is 10.1. The predicted octanol–water partition coefficient (Wildman–Crippen LogP) is 0.939. The maximum Gasteiger partial charge on any atom is 0.490 e. The molecule has 4 heterocycles. The molecule has 14 heteroatoms. The maximum absolute atomic E-state index is 12.4. The van der Waals surface area contributed by atoms with E-state index in [4.69, 9.17) is 14.6 Å². The van der Waals surface area contributed by atoms with Crippen LogP contribution in [-0.4, -0.2) is 86.5 Å². The van der Waals surface area contributed by atoms with Crippen molar-refractivity contribution in [3.63, 3.8) is 0 Å². The zero-order chi connectivity index (χ0) is 21.7. The molecule has 2 aliphatic rings. The van der Waals surface area contributed by atoms with E-state index in [0.29, 0.717) is 31.3 Å². The lowest BCUT2D eigenvalue weighted by Gasteiger charge is -2.23. The van der Waals surface area contributed by atoms with Crippen LogP contribution in [-0.2, 0) is 9.53 Å². The quantitative estimate of drug-likeness (QED) is 0.718. The van der Waals surface area contributed by atoms with Gasteiger partial charge in [0.1, 0.15) is 0 Å². The molecule has 2 saturated heterocycles. The van der Waals surface area contributed by atoms with Gasteiger partial charge in [-0.05, 0) is 17.6 Å². The van der Waals surface area contributed by atoms with Gasteiger partial charge < -0.3 is 19.6 Å². The number of aromatic nitrogens is 4. The normalized spacial score (nSPS) is 21.3. The van der Waals surface area contributed by atoms with Crippen molar-refractivity contribution in [3.8, 4) is 0 Å². The number of carboxylic acid groups (broad SMARTS) is 1. The summed E-state index contributed by atoms with van der Waals surface area (Å²) < 4.78 is 41.4. The van der Waals surface area contributed by atoms with Gasteiger partial charge in [0.25, 0.3) is 5.91 Å². The van der Waals surface area contributed by atoms with Crippen LogP contribution >= 0.6 is 11.5 Å². The Bertz CT molecular complexity index is 854. The van der Waals surface area contributed by atoms with Gasteiger partial charge in [-0.1, -0.05) is 4.49 Å². The summed E-state index contributed by atoms with van der Waals surface area (Å²) in [5, 5.41) is 12.7. The fraction of sp³-hybridized carbons (Fsp3) is 0.500. The van der Waals surface area contributed by atoms with E-state index in [1.807, 2.05) is 0 Å². The molecule has 10 nitrogen and oxygen atoms in total. The van der Waals surface area contributed by atoms with Crippen LogP contribution in [0.3, 0.4) is 0 Å². The molecule has 2 aromatic rings. The Labute approximate surface area is 172 Å². The number of amides is 1. The summed E-state index contributed by atoms with van der Waals surface area (Å²) >= 11 is 1.19. The predicted molar refractivity (Wildman–Crippen MR) is 97.0 cm³/mol. The standard InChI is InChI=1S/C14H16N6O2S.C2HF3O2/c21-13(11-9-23-18-17-11)20-7-10-6-19(4-5-22-12(10)8-20)14-15-2-1-3-16-14;3-2(4,5)1(6)7/h1-3,9-10,12H,4-8H2;(H,6,7)/t10-,12+;/m0./s1. The van der Waals surface area contributed by atoms with Gasteiger partial charge in [0.15, 0.2) is 5.69 Å². The smallest absolute Gasteiger partial charge is 0.475 e. The summed E-state index contributed by atoms with van der Waals surface area (Å²) in [6.45, 7) is 3.42. The third-order valence-corrected chi connectivity index (χ3v) is 4.98. The second-order valence-corrected chi connectivity index (χ2v) is 7.08. The first-order valence-corrected chi connectivity index (χ1v) is 9.59. The van der Waals surface area contributed by atoms with Gasteiger partial charge in [-0.15, -0.1) is 5.10 Å². The minimum atomic E-state index is -5.08. The largest absolute Gasteiger partial charge is 0.490 e. The van der Waals surface area contributed by atoms with E-state index < -0.39 is 12.1 Å². The van der Waals surface area contributed by atoms with Crippen LogP contribution in [0.5, 0.6) is 0 Å². The van der Waals surface area contributed by atoms with Gasteiger partial charge in [-0.3, -0.25) is 4.79 Å². The van der Waals surface area contributed by atoms with Crippen LogP contribution in [0.25, 0.3) is 0 Å². The van der Waals surface area contributed by atoms with E-state index in [-0.39, 0.29) is 17.9 Å². The minimum Gasteiger partial charge on any atom is -0.475 e. The van der Waals surface area contributed by atoms with E-state index in [9.17, 15) is 18.0 Å². The number of carboxylic acids is 1. The number of carbonyl (C=O) groups is 2. The number of rotatable bonds is 2. The summed E-state index contributed by atoms with van der Waals surface area (Å²) in [5.41, 5.74) is 0.412. The molecule has 2 aromatic heterocycles. The molecule has 0 unspecified atom stereocenters. The summed E-state index contributed by atoms with van der Waals surface area (Å²) in [6.07, 6.45) is -1.55. The van der Waals surface area contributed by atoms with Crippen molar-refractivity contribution < 1.29 is 32.6 Å². The first-order chi connectivity index (χ1) is 14.3. The average molecular weight is 446 g/mol. The summed E-state index contributed by atoms with van der Waals surface area (Å²) in [6, 6.07) is 1.80. The van der Waals surface area contributed by atoms with Gasteiger partial charge in [-0.2, -0.15) is 13.2 Å². The highest BCUT2D eigenvalue weighted by atomic mass is 32.1. The molecule has 2 fully saturated rings. The molecule has 2 aliphatic heterocycles. The number of alkyl halides is 3. The highest BCUT2D eigenvalue weighted by Crippen LogP contribution is 2.26. The Hall–Kier alpha value is -2.87. The van der Waals surface area contributed by atoms with Crippen LogP contribution in [0.15, 0.2) is 23.8 Å². The molecular formula is C16H17F3N6O4S. The second-order valence-electron chi connectivity index (χ2n) is 6.47. The van der Waals surface area contributed by atoms with Crippen molar-refractivity contribution in [1.29, 1.82) is 0 Å². The van der Waals surface area contributed by atoms with Crippen LogP contribution < -0.4 is 4.90 Å². The van der Waals surface area contributed by atoms with Crippen LogP contribution in [0.1, 0.15) is 10.5 Å². The SMILES string of the molecule is O=C(O)C(F)(F)F.O=C(c1csnn1)N1C[C@@H]2CN(c3ncccn3)CCO[C@@H]2C1. The minimum absolute atomic E-state index is 0.0549. The van der Waals surface area contributed by atoms with Crippen molar-refractivity contribution in [2.24, 2.45) is 5.92 Å².